The second kappa shape index (κ2) is 10.3. The van der Waals surface area contributed by atoms with Gasteiger partial charge < -0.3 is 26.0 Å². The van der Waals surface area contributed by atoms with Crippen molar-refractivity contribution in [2.75, 3.05) is 13.1 Å². The highest BCUT2D eigenvalue weighted by Gasteiger charge is 2.36. The molecule has 0 aromatic heterocycles. The van der Waals surface area contributed by atoms with Crippen LogP contribution in [0.3, 0.4) is 0 Å². The van der Waals surface area contributed by atoms with Gasteiger partial charge >= 0.3 is 6.09 Å². The van der Waals surface area contributed by atoms with Crippen LogP contribution in [-0.2, 0) is 19.1 Å². The predicted molar refractivity (Wildman–Crippen MR) is 107 cm³/mol. The average molecular weight is 421 g/mol. The van der Waals surface area contributed by atoms with Gasteiger partial charge in [0.1, 0.15) is 17.7 Å². The molecule has 30 heavy (non-hydrogen) atoms. The van der Waals surface area contributed by atoms with Gasteiger partial charge in [0.15, 0.2) is 0 Å². The first kappa shape index (κ1) is 23.4. The van der Waals surface area contributed by atoms with Crippen LogP contribution >= 0.6 is 0 Å². The van der Waals surface area contributed by atoms with Gasteiger partial charge in [-0.3, -0.25) is 14.4 Å². The molecule has 0 radical (unpaired) electrons. The number of rotatable bonds is 1. The van der Waals surface area contributed by atoms with E-state index in [4.69, 9.17) is 4.74 Å². The minimum Gasteiger partial charge on any atom is -0.444 e. The number of carbonyl (C=O) groups excluding carboxylic acids is 4. The monoisotopic (exact) mass is 421 g/mol. The molecule has 2 aliphatic heterocycles. The van der Waals surface area contributed by atoms with Crippen LogP contribution in [0.25, 0.3) is 0 Å². The smallest absolute Gasteiger partial charge is 0.408 e. The van der Waals surface area contributed by atoms with E-state index < -0.39 is 35.6 Å². The Morgan fingerprint density at radius 1 is 1.13 bits per heavy atom. The summed E-state index contributed by atoms with van der Waals surface area (Å²) in [6.07, 6.45) is 2.08. The summed E-state index contributed by atoms with van der Waals surface area (Å²) in [7, 11) is 0. The fourth-order valence-electron chi connectivity index (χ4n) is 3.73. The maximum atomic E-state index is 12.5. The number of nitriles is 1. The van der Waals surface area contributed by atoms with Gasteiger partial charge in [-0.2, -0.15) is 5.26 Å². The molecule has 0 aromatic carbocycles. The van der Waals surface area contributed by atoms with Gasteiger partial charge in [-0.15, -0.1) is 0 Å². The molecule has 4 amide bonds. The maximum absolute atomic E-state index is 12.5. The Morgan fingerprint density at radius 2 is 1.83 bits per heavy atom. The van der Waals surface area contributed by atoms with Crippen molar-refractivity contribution in [1.82, 2.24) is 21.3 Å². The molecule has 2 aliphatic rings. The van der Waals surface area contributed by atoms with Crippen molar-refractivity contribution < 1.29 is 23.9 Å². The van der Waals surface area contributed by atoms with Crippen LogP contribution in [0.1, 0.15) is 52.9 Å². The number of nitrogens with zero attached hydrogens (tertiary/aromatic N) is 1. The number of amides is 4. The first-order chi connectivity index (χ1) is 14.1. The fraction of sp³-hybridized carbons (Fsp3) is 0.750. The second-order valence-electron chi connectivity index (χ2n) is 8.80. The predicted octanol–water partition coefficient (Wildman–Crippen LogP) is 0.331. The molecule has 0 bridgehead atoms. The third-order valence-electron chi connectivity index (χ3n) is 5.17. The van der Waals surface area contributed by atoms with Crippen molar-refractivity contribution in [3.63, 3.8) is 0 Å². The molecule has 166 valence electrons. The zero-order valence-electron chi connectivity index (χ0n) is 17.7. The summed E-state index contributed by atoms with van der Waals surface area (Å²) in [5.41, 5.74) is -0.703. The van der Waals surface area contributed by atoms with Gasteiger partial charge in [-0.1, -0.05) is 12.8 Å². The van der Waals surface area contributed by atoms with Crippen LogP contribution in [0.15, 0.2) is 0 Å². The summed E-state index contributed by atoms with van der Waals surface area (Å²) >= 11 is 0. The van der Waals surface area contributed by atoms with Gasteiger partial charge in [-0.05, 0) is 46.0 Å². The molecule has 2 saturated heterocycles. The fourth-order valence-corrected chi connectivity index (χ4v) is 3.73. The molecule has 10 heteroatoms. The first-order valence-electron chi connectivity index (χ1n) is 10.3. The Hall–Kier alpha value is -2.83. The molecule has 2 rings (SSSR count). The van der Waals surface area contributed by atoms with Gasteiger partial charge in [0.2, 0.25) is 17.7 Å². The summed E-state index contributed by atoms with van der Waals surface area (Å²) in [5.74, 6) is -1.38. The molecular formula is C20H31N5O5. The van der Waals surface area contributed by atoms with Gasteiger partial charge in [-0.25, -0.2) is 4.79 Å². The summed E-state index contributed by atoms with van der Waals surface area (Å²) < 4.78 is 5.23. The normalized spacial score (nSPS) is 28.7. The number of alkyl carbamates (subject to hydrolysis) is 1. The van der Waals surface area contributed by atoms with Crippen LogP contribution in [0.5, 0.6) is 0 Å². The van der Waals surface area contributed by atoms with E-state index in [-0.39, 0.29) is 30.7 Å². The summed E-state index contributed by atoms with van der Waals surface area (Å²) in [6, 6.07) is 0.356. The molecule has 10 nitrogen and oxygen atoms in total. The summed E-state index contributed by atoms with van der Waals surface area (Å²) in [6.45, 7) is 5.38. The van der Waals surface area contributed by atoms with Crippen molar-refractivity contribution in [3.8, 4) is 6.07 Å². The molecule has 0 aliphatic carbocycles. The highest BCUT2D eigenvalue weighted by molar-refractivity contribution is 5.89. The second-order valence-corrected chi connectivity index (χ2v) is 8.80. The van der Waals surface area contributed by atoms with Crippen molar-refractivity contribution in [1.29, 1.82) is 5.26 Å². The van der Waals surface area contributed by atoms with Crippen molar-refractivity contribution in [3.05, 3.63) is 0 Å². The van der Waals surface area contributed by atoms with E-state index in [2.05, 4.69) is 21.3 Å². The highest BCUT2D eigenvalue weighted by Crippen LogP contribution is 2.28. The van der Waals surface area contributed by atoms with Crippen molar-refractivity contribution in [2.24, 2.45) is 11.8 Å². The van der Waals surface area contributed by atoms with Crippen LogP contribution < -0.4 is 21.3 Å². The Balaban J connectivity index is 2.08. The molecule has 0 saturated carbocycles. The number of hydrogen-bond acceptors (Lipinski definition) is 6. The Morgan fingerprint density at radius 3 is 2.50 bits per heavy atom. The van der Waals surface area contributed by atoms with Crippen LogP contribution in [0.4, 0.5) is 4.79 Å². The van der Waals surface area contributed by atoms with Gasteiger partial charge in [0, 0.05) is 12.5 Å². The van der Waals surface area contributed by atoms with Crippen LogP contribution in [0.2, 0.25) is 0 Å². The molecule has 4 atom stereocenters. The molecular weight excluding hydrogens is 390 g/mol. The maximum Gasteiger partial charge on any atom is 0.408 e. The Labute approximate surface area is 176 Å². The lowest BCUT2D eigenvalue weighted by atomic mass is 9.85. The number of hydrogen-bond donors (Lipinski definition) is 4. The SMILES string of the molecule is CC(C)(C)OC(=O)NC1CCCCC2CNC(=O)C2CC(C#N)NC(=O)CNC1=O. The molecule has 2 fully saturated rings. The van der Waals surface area contributed by atoms with Crippen LogP contribution in [-0.4, -0.2) is 54.6 Å². The quantitative estimate of drug-likeness (QED) is 0.479. The number of nitrogens with one attached hydrogen (secondary N) is 4. The highest BCUT2D eigenvalue weighted by atomic mass is 16.6. The average Bonchev–Trinajstić information content (AvgIpc) is 2.99. The topological polar surface area (TPSA) is 149 Å². The van der Waals surface area contributed by atoms with Crippen LogP contribution in [0, 0.1) is 23.2 Å². The van der Waals surface area contributed by atoms with E-state index in [1.54, 1.807) is 20.8 Å². The number of ether oxygens (including phenoxy) is 1. The van der Waals surface area contributed by atoms with Crippen molar-refractivity contribution >= 4 is 23.8 Å². The largest absolute Gasteiger partial charge is 0.444 e. The summed E-state index contributed by atoms with van der Waals surface area (Å²) in [4.78, 5) is 49.0. The molecule has 0 aromatic rings. The van der Waals surface area contributed by atoms with Gasteiger partial charge in [0.05, 0.1) is 12.6 Å². The van der Waals surface area contributed by atoms with Crippen molar-refractivity contribution in [2.45, 2.75) is 70.6 Å². The molecule has 4 N–H and O–H groups in total. The zero-order chi connectivity index (χ0) is 22.3. The van der Waals surface area contributed by atoms with E-state index in [0.717, 1.165) is 12.8 Å². The number of fused-ring (bicyclic) bond motifs is 1. The minimum atomic E-state index is -0.846. The molecule has 2 heterocycles. The first-order valence-corrected chi connectivity index (χ1v) is 10.3. The van der Waals surface area contributed by atoms with E-state index in [0.29, 0.717) is 19.4 Å². The third kappa shape index (κ3) is 7.21. The minimum absolute atomic E-state index is 0.0688. The van der Waals surface area contributed by atoms with E-state index in [1.165, 1.54) is 0 Å². The zero-order valence-corrected chi connectivity index (χ0v) is 17.7. The molecule has 0 spiro atoms. The van der Waals surface area contributed by atoms with E-state index in [1.807, 2.05) is 6.07 Å². The van der Waals surface area contributed by atoms with E-state index >= 15 is 0 Å². The lowest BCUT2D eigenvalue weighted by molar-refractivity contribution is -0.127. The lowest BCUT2D eigenvalue weighted by Crippen LogP contribution is -2.51. The lowest BCUT2D eigenvalue weighted by Gasteiger charge is -2.24. The number of carbonyl (C=O) groups is 4. The Kier molecular flexibility index (Phi) is 8.03. The summed E-state index contributed by atoms with van der Waals surface area (Å²) in [5, 5.41) is 19.8. The standard InChI is InChI=1S/C20H31N5O5/c1-20(2,3)30-19(29)25-15-7-5-4-6-12-10-22-17(27)14(12)8-13(9-21)24-16(26)11-23-18(15)28/h12-15H,4-8,10-11H2,1-3H3,(H,22,27)(H,23,28)(H,24,26)(H,25,29). The Bertz CT molecular complexity index is 711. The van der Waals surface area contributed by atoms with Gasteiger partial charge in [0.25, 0.3) is 0 Å². The van der Waals surface area contributed by atoms with E-state index in [9.17, 15) is 24.4 Å². The third-order valence-corrected chi connectivity index (χ3v) is 5.17. The molecule has 4 unspecified atom stereocenters.